The van der Waals surface area contributed by atoms with E-state index in [0.717, 1.165) is 29.8 Å². The van der Waals surface area contributed by atoms with Gasteiger partial charge in [-0.05, 0) is 50.2 Å². The number of para-hydroxylation sites is 1. The lowest BCUT2D eigenvalue weighted by atomic mass is 10.1. The van der Waals surface area contributed by atoms with Gasteiger partial charge < -0.3 is 9.73 Å². The van der Waals surface area contributed by atoms with Crippen LogP contribution in [0.2, 0.25) is 0 Å². The second-order valence-corrected chi connectivity index (χ2v) is 6.37. The molecule has 0 aliphatic carbocycles. The van der Waals surface area contributed by atoms with Crippen LogP contribution in [-0.4, -0.2) is 35.4 Å². The molecule has 1 aliphatic heterocycles. The maximum Gasteiger partial charge on any atom is 0.269 e. The lowest BCUT2D eigenvalue weighted by molar-refractivity contribution is 0.0929. The third kappa shape index (κ3) is 3.42. The molecule has 1 aromatic carbocycles. The molecule has 4 rings (SSSR count). The third-order valence-corrected chi connectivity index (χ3v) is 4.74. The standard InChI is InChI=1S/C20H21N3O2/c24-20(17-10-9-15-6-1-2-7-16(15)22-17)21-14-18(19-8-5-13-25-19)23-11-3-4-12-23/h1-2,5-10,13,18H,3-4,11-12,14H2,(H,21,24)/t18-/m1/s1. The number of benzene rings is 1. The molecule has 1 fully saturated rings. The smallest absolute Gasteiger partial charge is 0.269 e. The van der Waals surface area contributed by atoms with E-state index in [1.165, 1.54) is 12.8 Å². The van der Waals surface area contributed by atoms with Crippen LogP contribution in [0.25, 0.3) is 10.9 Å². The summed E-state index contributed by atoms with van der Waals surface area (Å²) in [6, 6.07) is 15.4. The predicted molar refractivity (Wildman–Crippen MR) is 96.3 cm³/mol. The quantitative estimate of drug-likeness (QED) is 0.776. The SMILES string of the molecule is O=C(NC[C@H](c1ccco1)N1CCCC1)c1ccc2ccccc2n1. The molecular formula is C20H21N3O2. The minimum absolute atomic E-state index is 0.0712. The van der Waals surface area contributed by atoms with E-state index in [2.05, 4.69) is 15.2 Å². The number of carbonyl (C=O) groups excluding carboxylic acids is 1. The Kier molecular flexibility index (Phi) is 4.48. The first-order chi connectivity index (χ1) is 12.3. The fourth-order valence-corrected chi connectivity index (χ4v) is 3.42. The highest BCUT2D eigenvalue weighted by atomic mass is 16.3. The normalized spacial score (nSPS) is 16.2. The van der Waals surface area contributed by atoms with Crippen molar-refractivity contribution in [2.75, 3.05) is 19.6 Å². The van der Waals surface area contributed by atoms with Crippen LogP contribution in [-0.2, 0) is 0 Å². The van der Waals surface area contributed by atoms with Crippen LogP contribution < -0.4 is 5.32 Å². The van der Waals surface area contributed by atoms with Gasteiger partial charge in [0.25, 0.3) is 5.91 Å². The minimum atomic E-state index is -0.151. The van der Waals surface area contributed by atoms with Crippen LogP contribution in [0.3, 0.4) is 0 Å². The molecule has 0 radical (unpaired) electrons. The average molecular weight is 335 g/mol. The van der Waals surface area contributed by atoms with Crippen molar-refractivity contribution in [1.29, 1.82) is 0 Å². The summed E-state index contributed by atoms with van der Waals surface area (Å²) in [5, 5.41) is 4.06. The molecular weight excluding hydrogens is 314 g/mol. The van der Waals surface area contributed by atoms with Crippen molar-refractivity contribution in [3.63, 3.8) is 0 Å². The zero-order valence-electron chi connectivity index (χ0n) is 14.0. The monoisotopic (exact) mass is 335 g/mol. The number of hydrogen-bond acceptors (Lipinski definition) is 4. The van der Waals surface area contributed by atoms with Crippen molar-refractivity contribution in [2.45, 2.75) is 18.9 Å². The molecule has 1 aliphatic rings. The van der Waals surface area contributed by atoms with E-state index >= 15 is 0 Å². The number of fused-ring (bicyclic) bond motifs is 1. The molecule has 25 heavy (non-hydrogen) atoms. The molecule has 5 heteroatoms. The lowest BCUT2D eigenvalue weighted by Gasteiger charge is -2.25. The maximum absolute atomic E-state index is 12.6. The number of pyridine rings is 1. The van der Waals surface area contributed by atoms with Gasteiger partial charge in [0, 0.05) is 11.9 Å². The number of carbonyl (C=O) groups is 1. The van der Waals surface area contributed by atoms with Gasteiger partial charge >= 0.3 is 0 Å². The molecule has 0 bridgehead atoms. The zero-order valence-corrected chi connectivity index (χ0v) is 14.0. The van der Waals surface area contributed by atoms with Gasteiger partial charge in [0.2, 0.25) is 0 Å². The van der Waals surface area contributed by atoms with E-state index in [-0.39, 0.29) is 11.9 Å². The summed E-state index contributed by atoms with van der Waals surface area (Å²) < 4.78 is 5.60. The van der Waals surface area contributed by atoms with Gasteiger partial charge in [-0.3, -0.25) is 9.69 Å². The number of aromatic nitrogens is 1. The van der Waals surface area contributed by atoms with Gasteiger partial charge in [0.15, 0.2) is 0 Å². The summed E-state index contributed by atoms with van der Waals surface area (Å²) in [6.45, 7) is 2.59. The third-order valence-electron chi connectivity index (χ3n) is 4.74. The Morgan fingerprint density at radius 1 is 1.12 bits per heavy atom. The molecule has 1 atom stereocenters. The van der Waals surface area contributed by atoms with Gasteiger partial charge in [-0.15, -0.1) is 0 Å². The van der Waals surface area contributed by atoms with Gasteiger partial charge in [-0.1, -0.05) is 24.3 Å². The van der Waals surface area contributed by atoms with Gasteiger partial charge in [0.1, 0.15) is 11.5 Å². The van der Waals surface area contributed by atoms with E-state index in [0.29, 0.717) is 12.2 Å². The van der Waals surface area contributed by atoms with Crippen molar-refractivity contribution in [1.82, 2.24) is 15.2 Å². The number of hydrogen-bond donors (Lipinski definition) is 1. The fraction of sp³-hybridized carbons (Fsp3) is 0.300. The summed E-state index contributed by atoms with van der Waals surface area (Å²) in [4.78, 5) is 19.4. The summed E-state index contributed by atoms with van der Waals surface area (Å²) in [6.07, 6.45) is 4.07. The Bertz CT molecular complexity index is 854. The van der Waals surface area contributed by atoms with Crippen LogP contribution >= 0.6 is 0 Å². The molecule has 3 heterocycles. The largest absolute Gasteiger partial charge is 0.468 e. The highest BCUT2D eigenvalue weighted by Crippen LogP contribution is 2.25. The van der Waals surface area contributed by atoms with Crippen molar-refractivity contribution in [3.8, 4) is 0 Å². The minimum Gasteiger partial charge on any atom is -0.468 e. The van der Waals surface area contributed by atoms with Crippen LogP contribution in [0.5, 0.6) is 0 Å². The molecule has 1 amide bonds. The topological polar surface area (TPSA) is 58.4 Å². The number of rotatable bonds is 5. The Hall–Kier alpha value is -2.66. The van der Waals surface area contributed by atoms with Crippen LogP contribution in [0, 0.1) is 0 Å². The van der Waals surface area contributed by atoms with Crippen molar-refractivity contribution in [2.24, 2.45) is 0 Å². The fourth-order valence-electron chi connectivity index (χ4n) is 3.42. The van der Waals surface area contributed by atoms with E-state index in [1.54, 1.807) is 12.3 Å². The highest BCUT2D eigenvalue weighted by Gasteiger charge is 2.26. The van der Waals surface area contributed by atoms with Crippen LogP contribution in [0.1, 0.15) is 35.1 Å². The molecule has 128 valence electrons. The van der Waals surface area contributed by atoms with Crippen molar-refractivity contribution < 1.29 is 9.21 Å². The lowest BCUT2D eigenvalue weighted by Crippen LogP contribution is -2.36. The second-order valence-electron chi connectivity index (χ2n) is 6.37. The predicted octanol–water partition coefficient (Wildman–Crippen LogP) is 3.39. The van der Waals surface area contributed by atoms with Crippen molar-refractivity contribution in [3.05, 3.63) is 66.2 Å². The second kappa shape index (κ2) is 7.07. The summed E-state index contributed by atoms with van der Waals surface area (Å²) in [5.74, 6) is 0.746. The maximum atomic E-state index is 12.6. The Morgan fingerprint density at radius 2 is 1.96 bits per heavy atom. The van der Waals surface area contributed by atoms with Crippen LogP contribution in [0.4, 0.5) is 0 Å². The molecule has 1 N–H and O–H groups in total. The van der Waals surface area contributed by atoms with E-state index in [9.17, 15) is 4.79 Å². The Labute approximate surface area is 146 Å². The molecule has 1 saturated heterocycles. The summed E-state index contributed by atoms with van der Waals surface area (Å²) in [7, 11) is 0. The number of nitrogens with zero attached hydrogens (tertiary/aromatic N) is 2. The molecule has 5 nitrogen and oxygen atoms in total. The molecule has 0 unspecified atom stereocenters. The molecule has 0 spiro atoms. The summed E-state index contributed by atoms with van der Waals surface area (Å²) in [5.41, 5.74) is 1.27. The number of furan rings is 1. The van der Waals surface area contributed by atoms with Gasteiger partial charge in [-0.2, -0.15) is 0 Å². The molecule has 3 aromatic rings. The average Bonchev–Trinajstić information content (AvgIpc) is 3.36. The van der Waals surface area contributed by atoms with Gasteiger partial charge in [-0.25, -0.2) is 4.98 Å². The first-order valence-electron chi connectivity index (χ1n) is 8.73. The molecule has 0 saturated carbocycles. The van der Waals surface area contributed by atoms with Crippen molar-refractivity contribution >= 4 is 16.8 Å². The van der Waals surface area contributed by atoms with E-state index in [1.807, 2.05) is 42.5 Å². The van der Waals surface area contributed by atoms with E-state index < -0.39 is 0 Å². The summed E-state index contributed by atoms with van der Waals surface area (Å²) >= 11 is 0. The first-order valence-corrected chi connectivity index (χ1v) is 8.73. The Morgan fingerprint density at radius 3 is 2.76 bits per heavy atom. The number of nitrogens with one attached hydrogen (secondary N) is 1. The highest BCUT2D eigenvalue weighted by molar-refractivity contribution is 5.94. The number of likely N-dealkylation sites (tertiary alicyclic amines) is 1. The molecule has 2 aromatic heterocycles. The Balaban J connectivity index is 1.48. The number of amides is 1. The van der Waals surface area contributed by atoms with Gasteiger partial charge in [0.05, 0.1) is 17.8 Å². The van der Waals surface area contributed by atoms with E-state index in [4.69, 9.17) is 4.42 Å². The first kappa shape index (κ1) is 15.8. The van der Waals surface area contributed by atoms with Crippen LogP contribution in [0.15, 0.2) is 59.2 Å². The zero-order chi connectivity index (χ0) is 17.1.